The molecule has 0 aromatic heterocycles. The Hall–Kier alpha value is 1.11. The molecule has 0 aliphatic rings. The van der Waals surface area contributed by atoms with Gasteiger partial charge in [0, 0.05) is 13.2 Å². The predicted molar refractivity (Wildman–Crippen MR) is 44.3 cm³/mol. The molecular weight excluding hydrogens is 374 g/mol. The van der Waals surface area contributed by atoms with Crippen LogP contribution in [0.4, 0.5) is 0 Å². The molecule has 0 aliphatic carbocycles. The van der Waals surface area contributed by atoms with Crippen molar-refractivity contribution in [2.45, 2.75) is 0 Å². The molecule has 11 heavy (non-hydrogen) atoms. The second-order valence-electron chi connectivity index (χ2n) is 0.992. The average Bonchev–Trinajstić information content (AvgIpc) is 2.06. The maximum absolute atomic E-state index is 7.69. The van der Waals surface area contributed by atoms with Gasteiger partial charge in [-0.05, 0) is 0 Å². The van der Waals surface area contributed by atoms with E-state index in [-0.39, 0.29) is 26.3 Å². The van der Waals surface area contributed by atoms with Crippen molar-refractivity contribution in [3.05, 3.63) is 11.5 Å². The summed E-state index contributed by atoms with van der Waals surface area (Å²) in [6.07, 6.45) is 0. The molecule has 0 saturated carbocycles. The Morgan fingerprint density at radius 2 is 1.09 bits per heavy atom. The number of aliphatic hydroxyl groups is 2. The molecule has 4 N–H and O–H groups in total. The van der Waals surface area contributed by atoms with Crippen molar-refractivity contribution in [2.75, 3.05) is 26.3 Å². The van der Waals surface area contributed by atoms with Crippen LogP contribution < -0.4 is 0 Å². The zero-order valence-corrected chi connectivity index (χ0v) is 9.58. The first-order valence-corrected chi connectivity index (χ1v) is 8.21. The van der Waals surface area contributed by atoms with Gasteiger partial charge in [-0.2, -0.15) is 0 Å². The van der Waals surface area contributed by atoms with Gasteiger partial charge in [-0.25, -0.2) is 0 Å². The summed E-state index contributed by atoms with van der Waals surface area (Å²) in [6.45, 7) is 0.222. The van der Waals surface area contributed by atoms with Gasteiger partial charge in [0.05, 0.1) is 0 Å². The minimum Gasteiger partial charge on any atom is -0.676 e. The molecule has 0 rings (SSSR count). The van der Waals surface area contributed by atoms with Gasteiger partial charge < -0.3 is 21.7 Å². The summed E-state index contributed by atoms with van der Waals surface area (Å²) >= 11 is -0.472. The van der Waals surface area contributed by atoms with Crippen LogP contribution >= 0.6 is 18.8 Å². The molecule has 0 radical (unpaired) electrons. The number of rotatable bonds is 2. The van der Waals surface area contributed by atoms with Gasteiger partial charge in [-0.3, -0.25) is 0 Å². The summed E-state index contributed by atoms with van der Waals surface area (Å²) in [5.41, 5.74) is 12.4. The van der Waals surface area contributed by atoms with Crippen molar-refractivity contribution in [1.29, 1.82) is 0 Å². The van der Waals surface area contributed by atoms with Crippen molar-refractivity contribution in [3.63, 3.8) is 0 Å². The summed E-state index contributed by atoms with van der Waals surface area (Å²) in [6, 6.07) is 0. The number of hydrogen-bond donors (Lipinski definition) is 2. The Bertz CT molecular complexity index is 39.3. The number of aliphatic hydroxyl groups excluding tert-OH is 2. The van der Waals surface area contributed by atoms with Crippen LogP contribution in [0.15, 0.2) is 0 Å². The van der Waals surface area contributed by atoms with Crippen LogP contribution in [0, 0.1) is 0 Å². The van der Waals surface area contributed by atoms with Gasteiger partial charge in [0.15, 0.2) is 0 Å². The SMILES string of the molecule is [Cl][Pt+2][Cl].[NH-]CCO.[NH-]CCO. The molecule has 0 aliphatic heterocycles. The molecule has 0 unspecified atom stereocenters. The molecule has 7 heteroatoms. The second-order valence-corrected chi connectivity index (χ2v) is 4.28. The van der Waals surface area contributed by atoms with E-state index in [0.717, 1.165) is 0 Å². The van der Waals surface area contributed by atoms with E-state index in [9.17, 15) is 0 Å². The fourth-order valence-electron chi connectivity index (χ4n) is 0. The van der Waals surface area contributed by atoms with Crippen LogP contribution in [0.2, 0.25) is 0 Å². The zero-order valence-electron chi connectivity index (χ0n) is 5.80. The summed E-state index contributed by atoms with van der Waals surface area (Å²) in [5.74, 6) is 0. The molecular formula is C4H12Cl2N2O2Pt. The van der Waals surface area contributed by atoms with Crippen molar-refractivity contribution in [3.8, 4) is 0 Å². The molecule has 0 spiro atoms. The fourth-order valence-corrected chi connectivity index (χ4v) is 0. The smallest absolute Gasteiger partial charge is 0.0241 e. The van der Waals surface area contributed by atoms with Gasteiger partial charge in [0.25, 0.3) is 0 Å². The van der Waals surface area contributed by atoms with Crippen LogP contribution in [0.5, 0.6) is 0 Å². The summed E-state index contributed by atoms with van der Waals surface area (Å²) in [7, 11) is 9.75. The fraction of sp³-hybridized carbons (Fsp3) is 1.00. The van der Waals surface area contributed by atoms with Crippen molar-refractivity contribution in [1.82, 2.24) is 0 Å². The van der Waals surface area contributed by atoms with Gasteiger partial charge in [0.1, 0.15) is 0 Å². The van der Waals surface area contributed by atoms with E-state index in [2.05, 4.69) is 0 Å². The predicted octanol–water partition coefficient (Wildman–Crippen LogP) is 1.44. The van der Waals surface area contributed by atoms with Crippen LogP contribution in [0.25, 0.3) is 11.5 Å². The first kappa shape index (κ1) is 18.0. The largest absolute Gasteiger partial charge is 0.676 e. The molecule has 0 aromatic rings. The monoisotopic (exact) mass is 385 g/mol. The van der Waals surface area contributed by atoms with Crippen LogP contribution in [0.3, 0.4) is 0 Å². The quantitative estimate of drug-likeness (QED) is 0.753. The Balaban J connectivity index is -0.0000000886. The van der Waals surface area contributed by atoms with E-state index >= 15 is 0 Å². The Morgan fingerprint density at radius 3 is 1.09 bits per heavy atom. The number of halogens is 2. The minimum atomic E-state index is -0.472. The topological polar surface area (TPSA) is 88.1 Å². The zero-order chi connectivity index (χ0) is 9.54. The Labute approximate surface area is 83.2 Å². The standard InChI is InChI=1S/2C2H6NO.2ClH.Pt/c2*3-1-2-4;;;/h2*3-4H,1-2H2;2*1H;/q2*-1;;;+4/p-2. The Kier molecular flexibility index (Phi) is 49.8. The normalized spacial score (nSPS) is 7.45. The van der Waals surface area contributed by atoms with Crippen LogP contribution in [-0.2, 0) is 16.5 Å². The van der Waals surface area contributed by atoms with E-state index < -0.39 is 16.5 Å². The van der Waals surface area contributed by atoms with E-state index in [4.69, 9.17) is 40.5 Å². The van der Waals surface area contributed by atoms with Crippen molar-refractivity contribution >= 4 is 18.8 Å². The third kappa shape index (κ3) is 95.4. The number of nitrogens with one attached hydrogen (secondary N) is 2. The Morgan fingerprint density at radius 1 is 1.00 bits per heavy atom. The molecule has 0 atom stereocenters. The minimum absolute atomic E-state index is 0.0139. The molecule has 0 heterocycles. The first-order chi connectivity index (χ1) is 5.24. The van der Waals surface area contributed by atoms with E-state index in [1.807, 2.05) is 0 Å². The third-order valence-electron chi connectivity index (χ3n) is 0.224. The maximum Gasteiger partial charge on any atom is 0.0241 e. The molecule has 74 valence electrons. The third-order valence-corrected chi connectivity index (χ3v) is 0.224. The van der Waals surface area contributed by atoms with E-state index in [1.165, 1.54) is 0 Å². The summed E-state index contributed by atoms with van der Waals surface area (Å²) in [5, 5.41) is 15.4. The van der Waals surface area contributed by atoms with Gasteiger partial charge >= 0.3 is 35.3 Å². The van der Waals surface area contributed by atoms with Gasteiger partial charge in [-0.15, -0.1) is 13.1 Å². The maximum atomic E-state index is 7.69. The average molecular weight is 386 g/mol. The first-order valence-electron chi connectivity index (χ1n) is 2.58. The molecule has 0 bridgehead atoms. The molecule has 0 saturated heterocycles. The molecule has 0 amide bonds. The van der Waals surface area contributed by atoms with Crippen LogP contribution in [0.1, 0.15) is 0 Å². The molecule has 0 aromatic carbocycles. The van der Waals surface area contributed by atoms with E-state index in [1.54, 1.807) is 0 Å². The van der Waals surface area contributed by atoms with Crippen LogP contribution in [-0.4, -0.2) is 36.5 Å². The summed E-state index contributed by atoms with van der Waals surface area (Å²) in [4.78, 5) is 0. The van der Waals surface area contributed by atoms with Crippen molar-refractivity contribution in [2.24, 2.45) is 0 Å². The van der Waals surface area contributed by atoms with Gasteiger partial charge in [-0.1, -0.05) is 0 Å². The molecule has 0 fully saturated rings. The summed E-state index contributed by atoms with van der Waals surface area (Å²) < 4.78 is 0. The second kappa shape index (κ2) is 30.4. The van der Waals surface area contributed by atoms with Crippen molar-refractivity contribution < 1.29 is 26.7 Å². The van der Waals surface area contributed by atoms with E-state index in [0.29, 0.717) is 0 Å². The number of hydrogen-bond acceptors (Lipinski definition) is 2. The molecule has 4 nitrogen and oxygen atoms in total. The van der Waals surface area contributed by atoms with Gasteiger partial charge in [0.2, 0.25) is 0 Å².